The number of anilines is 1. The Balaban J connectivity index is 2.23. The van der Waals surface area contributed by atoms with E-state index < -0.39 is 0 Å². The fourth-order valence-electron chi connectivity index (χ4n) is 2.44. The first-order chi connectivity index (χ1) is 10.5. The van der Waals surface area contributed by atoms with Gasteiger partial charge in [-0.3, -0.25) is 0 Å². The molecular formula is C16H25N5O. The van der Waals surface area contributed by atoms with Gasteiger partial charge in [0.05, 0.1) is 18.4 Å². The number of methoxy groups -OCH3 is 1. The molecule has 6 heteroatoms. The minimum atomic E-state index is 0.305. The first kappa shape index (κ1) is 16.3. The van der Waals surface area contributed by atoms with Crippen LogP contribution < -0.4 is 10.1 Å². The fraction of sp³-hybridized carbons (Fsp3) is 0.562. The molecule has 0 aliphatic rings. The van der Waals surface area contributed by atoms with E-state index in [2.05, 4.69) is 41.2 Å². The maximum absolute atomic E-state index is 5.46. The highest BCUT2D eigenvalue weighted by Gasteiger charge is 2.16. The Morgan fingerprint density at radius 2 is 2.05 bits per heavy atom. The lowest BCUT2D eigenvalue weighted by Crippen LogP contribution is -2.08. The third-order valence-electron chi connectivity index (χ3n) is 3.53. The first-order valence-electron chi connectivity index (χ1n) is 7.64. The van der Waals surface area contributed by atoms with Crippen LogP contribution in [-0.4, -0.2) is 26.9 Å². The van der Waals surface area contributed by atoms with Gasteiger partial charge in [0.2, 0.25) is 5.88 Å². The monoisotopic (exact) mass is 303 g/mol. The predicted molar refractivity (Wildman–Crippen MR) is 87.3 cm³/mol. The van der Waals surface area contributed by atoms with Crippen LogP contribution in [0, 0.1) is 6.92 Å². The van der Waals surface area contributed by atoms with Gasteiger partial charge in [-0.2, -0.15) is 5.10 Å². The van der Waals surface area contributed by atoms with Crippen LogP contribution >= 0.6 is 0 Å². The minimum Gasteiger partial charge on any atom is -0.481 e. The van der Waals surface area contributed by atoms with Gasteiger partial charge in [0, 0.05) is 31.3 Å². The summed E-state index contributed by atoms with van der Waals surface area (Å²) in [6.45, 7) is 8.90. The van der Waals surface area contributed by atoms with Crippen LogP contribution in [-0.2, 0) is 20.0 Å². The largest absolute Gasteiger partial charge is 0.481 e. The van der Waals surface area contributed by atoms with Crippen LogP contribution in [0.25, 0.3) is 0 Å². The summed E-state index contributed by atoms with van der Waals surface area (Å²) in [4.78, 5) is 9.04. The number of nitrogens with zero attached hydrogens (tertiary/aromatic N) is 4. The molecule has 0 amide bonds. The van der Waals surface area contributed by atoms with Gasteiger partial charge in [-0.15, -0.1) is 0 Å². The first-order valence-corrected chi connectivity index (χ1v) is 7.64. The van der Waals surface area contributed by atoms with E-state index in [9.17, 15) is 0 Å². The van der Waals surface area contributed by atoms with E-state index in [0.717, 1.165) is 40.9 Å². The van der Waals surface area contributed by atoms with Crippen LogP contribution in [0.3, 0.4) is 0 Å². The van der Waals surface area contributed by atoms with Crippen LogP contribution in [0.1, 0.15) is 49.5 Å². The van der Waals surface area contributed by atoms with E-state index in [-0.39, 0.29) is 0 Å². The van der Waals surface area contributed by atoms with E-state index in [1.165, 1.54) is 0 Å². The van der Waals surface area contributed by atoms with Crippen LogP contribution in [0.4, 0.5) is 5.82 Å². The average molecular weight is 303 g/mol. The van der Waals surface area contributed by atoms with Crippen molar-refractivity contribution in [3.05, 3.63) is 28.8 Å². The SMILES string of the molecule is CCc1nn(C)c(OC)c1CNc1cc(C)nc(C(C)C)n1. The van der Waals surface area contributed by atoms with E-state index >= 15 is 0 Å². The maximum atomic E-state index is 5.46. The molecule has 0 radical (unpaired) electrons. The Bertz CT molecular complexity index is 648. The van der Waals surface area contributed by atoms with Crippen molar-refractivity contribution in [2.75, 3.05) is 12.4 Å². The van der Waals surface area contributed by atoms with E-state index in [1.54, 1.807) is 11.8 Å². The van der Waals surface area contributed by atoms with Crippen molar-refractivity contribution in [1.82, 2.24) is 19.7 Å². The summed E-state index contributed by atoms with van der Waals surface area (Å²) in [5.41, 5.74) is 3.09. The summed E-state index contributed by atoms with van der Waals surface area (Å²) in [5.74, 6) is 2.79. The second-order valence-corrected chi connectivity index (χ2v) is 5.67. The molecule has 0 atom stereocenters. The average Bonchev–Trinajstić information content (AvgIpc) is 2.79. The molecule has 2 heterocycles. The van der Waals surface area contributed by atoms with Crippen LogP contribution in [0.5, 0.6) is 5.88 Å². The van der Waals surface area contributed by atoms with Crippen LogP contribution in [0.2, 0.25) is 0 Å². The van der Waals surface area contributed by atoms with Gasteiger partial charge in [-0.25, -0.2) is 14.6 Å². The quantitative estimate of drug-likeness (QED) is 0.889. The van der Waals surface area contributed by atoms with Crippen molar-refractivity contribution >= 4 is 5.82 Å². The predicted octanol–water partition coefficient (Wildman–Crippen LogP) is 2.83. The molecule has 0 spiro atoms. The topological polar surface area (TPSA) is 64.9 Å². The zero-order valence-electron chi connectivity index (χ0n) is 14.3. The molecule has 0 aromatic carbocycles. The molecule has 120 valence electrons. The van der Waals surface area contributed by atoms with Gasteiger partial charge >= 0.3 is 0 Å². The summed E-state index contributed by atoms with van der Waals surface area (Å²) >= 11 is 0. The number of ether oxygens (including phenoxy) is 1. The number of aryl methyl sites for hydroxylation is 3. The van der Waals surface area contributed by atoms with E-state index in [0.29, 0.717) is 12.5 Å². The Morgan fingerprint density at radius 3 is 2.64 bits per heavy atom. The molecule has 0 fully saturated rings. The Morgan fingerprint density at radius 1 is 1.32 bits per heavy atom. The molecule has 2 aromatic rings. The molecule has 0 bridgehead atoms. The normalized spacial score (nSPS) is 11.0. The number of nitrogens with one attached hydrogen (secondary N) is 1. The Hall–Kier alpha value is -2.11. The third-order valence-corrected chi connectivity index (χ3v) is 3.53. The summed E-state index contributed by atoms with van der Waals surface area (Å²) in [6.07, 6.45) is 0.869. The Labute approximate surface area is 131 Å². The molecular weight excluding hydrogens is 278 g/mol. The lowest BCUT2D eigenvalue weighted by atomic mass is 10.2. The summed E-state index contributed by atoms with van der Waals surface area (Å²) in [6, 6.07) is 1.96. The Kier molecular flexibility index (Phi) is 5.00. The van der Waals surface area contributed by atoms with Crippen molar-refractivity contribution in [3.63, 3.8) is 0 Å². The summed E-state index contributed by atoms with van der Waals surface area (Å²) in [7, 11) is 3.57. The van der Waals surface area contributed by atoms with E-state index in [4.69, 9.17) is 4.74 Å². The molecule has 0 aliphatic heterocycles. The fourth-order valence-corrected chi connectivity index (χ4v) is 2.44. The second kappa shape index (κ2) is 6.77. The smallest absolute Gasteiger partial charge is 0.216 e. The number of aromatic nitrogens is 4. The number of hydrogen-bond acceptors (Lipinski definition) is 5. The van der Waals surface area contributed by atoms with Crippen molar-refractivity contribution in [2.24, 2.45) is 7.05 Å². The second-order valence-electron chi connectivity index (χ2n) is 5.67. The molecule has 0 unspecified atom stereocenters. The van der Waals surface area contributed by atoms with Gasteiger partial charge in [-0.05, 0) is 13.3 Å². The molecule has 2 rings (SSSR count). The lowest BCUT2D eigenvalue weighted by molar-refractivity contribution is 0.369. The highest BCUT2D eigenvalue weighted by molar-refractivity contribution is 5.40. The van der Waals surface area contributed by atoms with E-state index in [1.807, 2.05) is 20.0 Å². The molecule has 0 saturated carbocycles. The molecule has 6 nitrogen and oxygen atoms in total. The van der Waals surface area contributed by atoms with Gasteiger partial charge in [0.15, 0.2) is 0 Å². The van der Waals surface area contributed by atoms with Gasteiger partial charge in [-0.1, -0.05) is 20.8 Å². The zero-order chi connectivity index (χ0) is 16.3. The molecule has 0 aliphatic carbocycles. The highest BCUT2D eigenvalue weighted by atomic mass is 16.5. The highest BCUT2D eigenvalue weighted by Crippen LogP contribution is 2.23. The molecule has 1 N–H and O–H groups in total. The number of hydrogen-bond donors (Lipinski definition) is 1. The zero-order valence-corrected chi connectivity index (χ0v) is 14.3. The van der Waals surface area contributed by atoms with Crippen molar-refractivity contribution in [2.45, 2.75) is 46.6 Å². The maximum Gasteiger partial charge on any atom is 0.216 e. The van der Waals surface area contributed by atoms with Crippen molar-refractivity contribution in [3.8, 4) is 5.88 Å². The van der Waals surface area contributed by atoms with Gasteiger partial charge < -0.3 is 10.1 Å². The molecule has 0 saturated heterocycles. The third kappa shape index (κ3) is 3.37. The summed E-state index contributed by atoms with van der Waals surface area (Å²) in [5, 5.41) is 7.87. The number of rotatable bonds is 6. The lowest BCUT2D eigenvalue weighted by Gasteiger charge is -2.11. The minimum absolute atomic E-state index is 0.305. The summed E-state index contributed by atoms with van der Waals surface area (Å²) < 4.78 is 7.24. The van der Waals surface area contributed by atoms with Gasteiger partial charge in [0.1, 0.15) is 11.6 Å². The van der Waals surface area contributed by atoms with Crippen molar-refractivity contribution in [1.29, 1.82) is 0 Å². The molecule has 2 aromatic heterocycles. The van der Waals surface area contributed by atoms with Crippen LogP contribution in [0.15, 0.2) is 6.07 Å². The van der Waals surface area contributed by atoms with Crippen molar-refractivity contribution < 1.29 is 4.74 Å². The standard InChI is InChI=1S/C16H25N5O/c1-7-13-12(16(22-6)21(5)20-13)9-17-14-8-11(4)18-15(19-14)10(2)3/h8,10H,7,9H2,1-6H3,(H,17,18,19). The molecule has 22 heavy (non-hydrogen) atoms. The van der Waals surface area contributed by atoms with Gasteiger partial charge in [0.25, 0.3) is 0 Å².